The number of hydrogen-bond acceptors (Lipinski definition) is 3. The fourth-order valence-electron chi connectivity index (χ4n) is 1.80. The number of ether oxygens (including phenoxy) is 2. The van der Waals surface area contributed by atoms with Gasteiger partial charge in [-0.25, -0.2) is 0 Å². The monoisotopic (exact) mass is 237 g/mol. The Balaban J connectivity index is 2.47. The number of benzene rings is 1. The van der Waals surface area contributed by atoms with Gasteiger partial charge in [0.15, 0.2) is 0 Å². The van der Waals surface area contributed by atoms with Crippen LogP contribution >= 0.6 is 0 Å². The molecule has 1 unspecified atom stereocenters. The molecule has 96 valence electrons. The smallest absolute Gasteiger partial charge is 0.122 e. The fourth-order valence-corrected chi connectivity index (χ4v) is 1.80. The van der Waals surface area contributed by atoms with Crippen LogP contribution in [0.4, 0.5) is 0 Å². The standard InChI is InChI=1S/C14H23NO2/c1-11(2)7-12(9-15)10-17-14-6-4-5-13(8-14)16-3/h4-6,8,11-12H,7,9-10,15H2,1-3H3. The van der Waals surface area contributed by atoms with Crippen molar-refractivity contribution in [2.75, 3.05) is 20.3 Å². The van der Waals surface area contributed by atoms with E-state index in [1.54, 1.807) is 7.11 Å². The van der Waals surface area contributed by atoms with Crippen molar-refractivity contribution in [3.05, 3.63) is 24.3 Å². The summed E-state index contributed by atoms with van der Waals surface area (Å²) in [6, 6.07) is 7.66. The highest BCUT2D eigenvalue weighted by Crippen LogP contribution is 2.20. The number of methoxy groups -OCH3 is 1. The van der Waals surface area contributed by atoms with Crippen LogP contribution in [0.25, 0.3) is 0 Å². The molecule has 0 aliphatic carbocycles. The van der Waals surface area contributed by atoms with Gasteiger partial charge in [0.1, 0.15) is 11.5 Å². The third-order valence-corrected chi connectivity index (χ3v) is 2.66. The summed E-state index contributed by atoms with van der Waals surface area (Å²) in [6.45, 7) is 5.74. The Morgan fingerprint density at radius 1 is 1.24 bits per heavy atom. The molecule has 0 aliphatic heterocycles. The highest BCUT2D eigenvalue weighted by atomic mass is 16.5. The largest absolute Gasteiger partial charge is 0.497 e. The number of rotatable bonds is 7. The third-order valence-electron chi connectivity index (χ3n) is 2.66. The summed E-state index contributed by atoms with van der Waals surface area (Å²) in [5.74, 6) is 2.72. The van der Waals surface area contributed by atoms with Gasteiger partial charge in [-0.15, -0.1) is 0 Å². The zero-order valence-electron chi connectivity index (χ0n) is 11.0. The van der Waals surface area contributed by atoms with Crippen LogP contribution < -0.4 is 15.2 Å². The van der Waals surface area contributed by atoms with Crippen LogP contribution in [0.5, 0.6) is 11.5 Å². The van der Waals surface area contributed by atoms with E-state index in [1.165, 1.54) is 0 Å². The first kappa shape index (κ1) is 13.8. The maximum Gasteiger partial charge on any atom is 0.122 e. The van der Waals surface area contributed by atoms with Crippen LogP contribution in [-0.2, 0) is 0 Å². The molecule has 17 heavy (non-hydrogen) atoms. The Hall–Kier alpha value is -1.22. The van der Waals surface area contributed by atoms with Gasteiger partial charge in [0.2, 0.25) is 0 Å². The zero-order valence-corrected chi connectivity index (χ0v) is 11.0. The summed E-state index contributed by atoms with van der Waals surface area (Å²) in [7, 11) is 1.65. The predicted octanol–water partition coefficient (Wildman–Crippen LogP) is 2.70. The van der Waals surface area contributed by atoms with Gasteiger partial charge in [-0.1, -0.05) is 19.9 Å². The topological polar surface area (TPSA) is 44.5 Å². The number of hydrogen-bond donors (Lipinski definition) is 1. The summed E-state index contributed by atoms with van der Waals surface area (Å²) >= 11 is 0. The molecule has 0 bridgehead atoms. The SMILES string of the molecule is COc1cccc(OCC(CN)CC(C)C)c1. The Morgan fingerprint density at radius 2 is 1.94 bits per heavy atom. The van der Waals surface area contributed by atoms with Crippen LogP contribution in [0, 0.1) is 11.8 Å². The second kappa shape index (κ2) is 7.17. The summed E-state index contributed by atoms with van der Waals surface area (Å²) < 4.78 is 10.9. The van der Waals surface area contributed by atoms with Gasteiger partial charge in [-0.3, -0.25) is 0 Å². The van der Waals surface area contributed by atoms with Crippen LogP contribution in [0.1, 0.15) is 20.3 Å². The second-order valence-electron chi connectivity index (χ2n) is 4.72. The van der Waals surface area contributed by atoms with E-state index in [9.17, 15) is 0 Å². The molecule has 0 heterocycles. The molecule has 1 aromatic rings. The molecule has 1 atom stereocenters. The van der Waals surface area contributed by atoms with Gasteiger partial charge in [-0.2, -0.15) is 0 Å². The molecule has 3 nitrogen and oxygen atoms in total. The highest BCUT2D eigenvalue weighted by molar-refractivity contribution is 5.32. The van der Waals surface area contributed by atoms with Gasteiger partial charge < -0.3 is 15.2 Å². The van der Waals surface area contributed by atoms with E-state index in [1.807, 2.05) is 24.3 Å². The fraction of sp³-hybridized carbons (Fsp3) is 0.571. The lowest BCUT2D eigenvalue weighted by molar-refractivity contribution is 0.230. The third kappa shape index (κ3) is 5.09. The van der Waals surface area contributed by atoms with E-state index < -0.39 is 0 Å². The van der Waals surface area contributed by atoms with Gasteiger partial charge in [0.25, 0.3) is 0 Å². The van der Waals surface area contributed by atoms with Crippen LogP contribution in [0.15, 0.2) is 24.3 Å². The minimum absolute atomic E-state index is 0.418. The molecule has 0 radical (unpaired) electrons. The van der Waals surface area contributed by atoms with Crippen molar-refractivity contribution in [1.82, 2.24) is 0 Å². The first-order valence-electron chi connectivity index (χ1n) is 6.12. The molecule has 1 aromatic carbocycles. The van der Waals surface area contributed by atoms with Gasteiger partial charge in [-0.05, 0) is 31.0 Å². The lowest BCUT2D eigenvalue weighted by Gasteiger charge is -2.17. The molecular weight excluding hydrogens is 214 g/mol. The molecule has 0 saturated carbocycles. The molecule has 0 amide bonds. The summed E-state index contributed by atoms with van der Waals surface area (Å²) in [6.07, 6.45) is 1.10. The van der Waals surface area contributed by atoms with Crippen molar-refractivity contribution < 1.29 is 9.47 Å². The number of nitrogens with two attached hydrogens (primary N) is 1. The Kier molecular flexibility index (Phi) is 5.84. The normalized spacial score (nSPS) is 12.5. The van der Waals surface area contributed by atoms with Crippen molar-refractivity contribution in [3.8, 4) is 11.5 Å². The molecule has 3 heteroatoms. The van der Waals surface area contributed by atoms with Crippen molar-refractivity contribution in [3.63, 3.8) is 0 Å². The first-order valence-corrected chi connectivity index (χ1v) is 6.12. The van der Waals surface area contributed by atoms with Crippen molar-refractivity contribution in [2.45, 2.75) is 20.3 Å². The first-order chi connectivity index (χ1) is 8.15. The van der Waals surface area contributed by atoms with E-state index in [-0.39, 0.29) is 0 Å². The summed E-state index contributed by atoms with van der Waals surface area (Å²) in [4.78, 5) is 0. The van der Waals surface area contributed by atoms with Gasteiger partial charge in [0, 0.05) is 12.0 Å². The van der Waals surface area contributed by atoms with E-state index in [0.717, 1.165) is 17.9 Å². The maximum absolute atomic E-state index is 5.74. The van der Waals surface area contributed by atoms with E-state index in [4.69, 9.17) is 15.2 Å². The van der Waals surface area contributed by atoms with Crippen molar-refractivity contribution in [1.29, 1.82) is 0 Å². The Bertz CT molecular complexity index is 326. The van der Waals surface area contributed by atoms with Crippen LogP contribution in [0.2, 0.25) is 0 Å². The highest BCUT2D eigenvalue weighted by Gasteiger charge is 2.10. The Morgan fingerprint density at radius 3 is 2.53 bits per heavy atom. The lowest BCUT2D eigenvalue weighted by Crippen LogP contribution is -2.23. The van der Waals surface area contributed by atoms with Crippen LogP contribution in [0.3, 0.4) is 0 Å². The molecule has 1 rings (SSSR count). The minimum Gasteiger partial charge on any atom is -0.497 e. The minimum atomic E-state index is 0.418. The van der Waals surface area contributed by atoms with Crippen LogP contribution in [-0.4, -0.2) is 20.3 Å². The van der Waals surface area contributed by atoms with Gasteiger partial charge in [0.05, 0.1) is 13.7 Å². The van der Waals surface area contributed by atoms with E-state index in [2.05, 4.69) is 13.8 Å². The lowest BCUT2D eigenvalue weighted by atomic mass is 9.98. The maximum atomic E-state index is 5.74. The molecule has 0 saturated heterocycles. The molecule has 0 fully saturated rings. The quantitative estimate of drug-likeness (QED) is 0.793. The molecule has 2 N–H and O–H groups in total. The van der Waals surface area contributed by atoms with E-state index >= 15 is 0 Å². The predicted molar refractivity (Wildman–Crippen MR) is 70.5 cm³/mol. The average Bonchev–Trinajstić information content (AvgIpc) is 2.34. The zero-order chi connectivity index (χ0) is 12.7. The van der Waals surface area contributed by atoms with Crippen molar-refractivity contribution in [2.24, 2.45) is 17.6 Å². The summed E-state index contributed by atoms with van der Waals surface area (Å²) in [5.41, 5.74) is 5.74. The van der Waals surface area contributed by atoms with Gasteiger partial charge >= 0.3 is 0 Å². The molecule has 0 aromatic heterocycles. The van der Waals surface area contributed by atoms with E-state index in [0.29, 0.717) is 25.0 Å². The molecule has 0 aliphatic rings. The Labute approximate surface area is 104 Å². The second-order valence-corrected chi connectivity index (χ2v) is 4.72. The molecular formula is C14H23NO2. The summed E-state index contributed by atoms with van der Waals surface area (Å²) in [5, 5.41) is 0. The molecule has 0 spiro atoms. The average molecular weight is 237 g/mol. The van der Waals surface area contributed by atoms with Crippen molar-refractivity contribution >= 4 is 0 Å².